The van der Waals surface area contributed by atoms with Crippen LogP contribution in [0, 0.1) is 0 Å². The van der Waals surface area contributed by atoms with Crippen molar-refractivity contribution in [1.82, 2.24) is 14.6 Å². The van der Waals surface area contributed by atoms with Gasteiger partial charge in [-0.15, -0.1) is 10.2 Å². The fourth-order valence-corrected chi connectivity index (χ4v) is 4.53. The Kier molecular flexibility index (Phi) is 3.22. The summed E-state index contributed by atoms with van der Waals surface area (Å²) in [5.74, 6) is 0.974. The zero-order chi connectivity index (χ0) is 13.5. The smallest absolute Gasteiger partial charge is 0.162 e. The van der Waals surface area contributed by atoms with Crippen LogP contribution in [0.4, 0.5) is 0 Å². The summed E-state index contributed by atoms with van der Waals surface area (Å²) < 4.78 is 25.8. The lowest BCUT2D eigenvalue weighted by Crippen LogP contribution is -2.30. The van der Waals surface area contributed by atoms with Gasteiger partial charge in [0.05, 0.1) is 11.0 Å². The van der Waals surface area contributed by atoms with Gasteiger partial charge in [-0.3, -0.25) is 4.40 Å². The SMILES string of the molecule is O=S1(=O)CCCCC1Cc1nnc2cc(Cl)ccn12. The van der Waals surface area contributed by atoms with Gasteiger partial charge in [0.1, 0.15) is 5.82 Å². The van der Waals surface area contributed by atoms with E-state index in [9.17, 15) is 8.42 Å². The molecule has 1 aliphatic heterocycles. The summed E-state index contributed by atoms with van der Waals surface area (Å²) in [5, 5.41) is 8.38. The zero-order valence-corrected chi connectivity index (χ0v) is 11.9. The molecule has 102 valence electrons. The highest BCUT2D eigenvalue weighted by atomic mass is 35.5. The summed E-state index contributed by atoms with van der Waals surface area (Å²) in [6, 6.07) is 3.46. The van der Waals surface area contributed by atoms with Crippen molar-refractivity contribution < 1.29 is 8.42 Å². The number of aromatic nitrogens is 3. The van der Waals surface area contributed by atoms with Gasteiger partial charge >= 0.3 is 0 Å². The number of hydrogen-bond donors (Lipinski definition) is 0. The molecule has 0 radical (unpaired) electrons. The molecule has 3 rings (SSSR count). The highest BCUT2D eigenvalue weighted by Crippen LogP contribution is 2.23. The summed E-state index contributed by atoms with van der Waals surface area (Å²) in [4.78, 5) is 0. The predicted molar refractivity (Wildman–Crippen MR) is 73.1 cm³/mol. The maximum Gasteiger partial charge on any atom is 0.162 e. The first-order valence-corrected chi connectivity index (χ1v) is 8.36. The first-order valence-electron chi connectivity index (χ1n) is 6.27. The number of halogens is 1. The number of sulfone groups is 1. The van der Waals surface area contributed by atoms with Crippen LogP contribution in [-0.4, -0.2) is 34.0 Å². The van der Waals surface area contributed by atoms with Crippen LogP contribution >= 0.6 is 11.6 Å². The number of fused-ring (bicyclic) bond motifs is 1. The quantitative estimate of drug-likeness (QED) is 0.849. The molecule has 5 nitrogen and oxygen atoms in total. The van der Waals surface area contributed by atoms with Crippen molar-refractivity contribution in [1.29, 1.82) is 0 Å². The molecular weight excluding hydrogens is 286 g/mol. The van der Waals surface area contributed by atoms with E-state index in [1.807, 2.05) is 0 Å². The first-order chi connectivity index (χ1) is 9.06. The van der Waals surface area contributed by atoms with Crippen LogP contribution in [0.1, 0.15) is 25.1 Å². The molecule has 3 heterocycles. The average Bonchev–Trinajstić information content (AvgIpc) is 2.74. The van der Waals surface area contributed by atoms with Crippen molar-refractivity contribution in [3.63, 3.8) is 0 Å². The molecule has 1 unspecified atom stereocenters. The second-order valence-corrected chi connectivity index (χ2v) is 7.72. The van der Waals surface area contributed by atoms with Crippen molar-refractivity contribution in [2.75, 3.05) is 5.75 Å². The minimum atomic E-state index is -2.98. The number of nitrogens with zero attached hydrogens (tertiary/aromatic N) is 3. The third-order valence-electron chi connectivity index (χ3n) is 3.57. The van der Waals surface area contributed by atoms with Gasteiger partial charge in [-0.1, -0.05) is 18.0 Å². The Morgan fingerprint density at radius 2 is 2.21 bits per heavy atom. The second kappa shape index (κ2) is 4.76. The van der Waals surface area contributed by atoms with Crippen LogP contribution < -0.4 is 0 Å². The number of rotatable bonds is 2. The van der Waals surface area contributed by atoms with Crippen molar-refractivity contribution in [2.24, 2.45) is 0 Å². The van der Waals surface area contributed by atoms with Crippen LogP contribution in [0.3, 0.4) is 0 Å². The van der Waals surface area contributed by atoms with E-state index in [2.05, 4.69) is 10.2 Å². The zero-order valence-electron chi connectivity index (χ0n) is 10.3. The normalized spacial score (nSPS) is 22.7. The predicted octanol–water partition coefficient (Wildman–Crippen LogP) is 1.89. The van der Waals surface area contributed by atoms with E-state index >= 15 is 0 Å². The van der Waals surface area contributed by atoms with Gasteiger partial charge in [-0.2, -0.15) is 0 Å². The van der Waals surface area contributed by atoms with Gasteiger partial charge < -0.3 is 0 Å². The van der Waals surface area contributed by atoms with Gasteiger partial charge in [0.2, 0.25) is 0 Å². The minimum absolute atomic E-state index is 0.292. The Morgan fingerprint density at radius 3 is 3.00 bits per heavy atom. The third kappa shape index (κ3) is 2.47. The lowest BCUT2D eigenvalue weighted by Gasteiger charge is -2.21. The Balaban J connectivity index is 1.93. The van der Waals surface area contributed by atoms with Crippen molar-refractivity contribution in [2.45, 2.75) is 30.9 Å². The second-order valence-electron chi connectivity index (χ2n) is 4.88. The Labute approximate surface area is 116 Å². The van der Waals surface area contributed by atoms with E-state index in [4.69, 9.17) is 11.6 Å². The van der Waals surface area contributed by atoms with Crippen LogP contribution in [0.15, 0.2) is 18.3 Å². The molecule has 0 N–H and O–H groups in total. The van der Waals surface area contributed by atoms with Gasteiger partial charge in [0, 0.05) is 23.7 Å². The standard InChI is InChI=1S/C12H14ClN3O2S/c13-9-4-5-16-11(7-9)14-15-12(16)8-10-3-1-2-6-19(10,17)18/h4-5,7,10H,1-3,6,8H2. The molecule has 19 heavy (non-hydrogen) atoms. The van der Waals surface area contributed by atoms with Crippen LogP contribution in [0.2, 0.25) is 5.02 Å². The molecule has 1 fully saturated rings. The maximum atomic E-state index is 12.0. The lowest BCUT2D eigenvalue weighted by molar-refractivity contribution is 0.533. The van der Waals surface area contributed by atoms with E-state index in [1.165, 1.54) is 0 Å². The molecule has 0 spiro atoms. The minimum Gasteiger partial charge on any atom is -0.286 e. The van der Waals surface area contributed by atoms with Crippen molar-refractivity contribution >= 4 is 27.1 Å². The molecule has 1 aliphatic rings. The first kappa shape index (κ1) is 12.9. The monoisotopic (exact) mass is 299 g/mol. The molecule has 0 aliphatic carbocycles. The molecule has 2 aromatic heterocycles. The summed E-state index contributed by atoms with van der Waals surface area (Å²) in [6.45, 7) is 0. The molecular formula is C12H14ClN3O2S. The molecule has 2 aromatic rings. The lowest BCUT2D eigenvalue weighted by atomic mass is 10.1. The molecule has 0 aromatic carbocycles. The highest BCUT2D eigenvalue weighted by Gasteiger charge is 2.30. The van der Waals surface area contributed by atoms with Gasteiger partial charge in [-0.05, 0) is 18.9 Å². The van der Waals surface area contributed by atoms with E-state index in [0.717, 1.165) is 12.8 Å². The summed E-state index contributed by atoms with van der Waals surface area (Å²) >= 11 is 5.89. The van der Waals surface area contributed by atoms with E-state index in [1.54, 1.807) is 22.7 Å². The number of pyridine rings is 1. The Morgan fingerprint density at radius 1 is 1.37 bits per heavy atom. The molecule has 1 saturated heterocycles. The Bertz CT molecular complexity index is 711. The van der Waals surface area contributed by atoms with Crippen LogP contribution in [-0.2, 0) is 16.3 Å². The number of hydrogen-bond acceptors (Lipinski definition) is 4. The van der Waals surface area contributed by atoms with Crippen LogP contribution in [0.25, 0.3) is 5.65 Å². The molecule has 0 bridgehead atoms. The van der Waals surface area contributed by atoms with Gasteiger partial charge in [0.25, 0.3) is 0 Å². The molecule has 1 atom stereocenters. The maximum absolute atomic E-state index is 12.0. The highest BCUT2D eigenvalue weighted by molar-refractivity contribution is 7.92. The summed E-state index contributed by atoms with van der Waals surface area (Å²) in [7, 11) is -2.98. The fraction of sp³-hybridized carbons (Fsp3) is 0.500. The van der Waals surface area contributed by atoms with E-state index < -0.39 is 9.84 Å². The van der Waals surface area contributed by atoms with Crippen molar-refractivity contribution in [3.05, 3.63) is 29.2 Å². The van der Waals surface area contributed by atoms with Crippen LogP contribution in [0.5, 0.6) is 0 Å². The summed E-state index contributed by atoms with van der Waals surface area (Å²) in [5.41, 5.74) is 0.649. The van der Waals surface area contributed by atoms with Crippen molar-refractivity contribution in [3.8, 4) is 0 Å². The van der Waals surface area contributed by atoms with E-state index in [0.29, 0.717) is 35.1 Å². The average molecular weight is 300 g/mol. The van der Waals surface area contributed by atoms with Gasteiger partial charge in [-0.25, -0.2) is 8.42 Å². The third-order valence-corrected chi connectivity index (χ3v) is 6.08. The van der Waals surface area contributed by atoms with Gasteiger partial charge in [0.15, 0.2) is 15.5 Å². The molecule has 7 heteroatoms. The molecule has 0 amide bonds. The fourth-order valence-electron chi connectivity index (χ4n) is 2.51. The summed E-state index contributed by atoms with van der Waals surface area (Å²) in [6.07, 6.45) is 4.65. The molecule has 0 saturated carbocycles. The largest absolute Gasteiger partial charge is 0.286 e. The Hall–Kier alpha value is -1.14. The van der Waals surface area contributed by atoms with E-state index in [-0.39, 0.29) is 5.25 Å². The topological polar surface area (TPSA) is 64.3 Å².